The Morgan fingerprint density at radius 1 is 1.41 bits per heavy atom. The Kier molecular flexibility index (Phi) is 6.53. The van der Waals surface area contributed by atoms with Gasteiger partial charge < -0.3 is 5.32 Å². The van der Waals surface area contributed by atoms with Crippen LogP contribution in [0.25, 0.3) is 0 Å². The molecule has 8 heteroatoms. The van der Waals surface area contributed by atoms with Gasteiger partial charge in [-0.25, -0.2) is 0 Å². The third-order valence-electron chi connectivity index (χ3n) is 3.59. The highest BCUT2D eigenvalue weighted by Crippen LogP contribution is 2.32. The van der Waals surface area contributed by atoms with Crippen molar-refractivity contribution in [3.05, 3.63) is 0 Å². The fourth-order valence-electron chi connectivity index (χ4n) is 2.39. The third kappa shape index (κ3) is 4.61. The highest BCUT2D eigenvalue weighted by molar-refractivity contribution is 8.03. The number of amides is 1. The molecule has 120 valence electrons. The van der Waals surface area contributed by atoms with Gasteiger partial charge in [0.1, 0.15) is 5.54 Å². The van der Waals surface area contributed by atoms with Gasteiger partial charge in [0.25, 0.3) is 0 Å². The molecule has 2 rings (SSSR count). The average Bonchev–Trinajstić information content (AvgIpc) is 2.95. The predicted molar refractivity (Wildman–Crippen MR) is 91.2 cm³/mol. The zero-order chi connectivity index (χ0) is 16.0. The first kappa shape index (κ1) is 17.6. The van der Waals surface area contributed by atoms with Gasteiger partial charge in [-0.1, -0.05) is 61.0 Å². The van der Waals surface area contributed by atoms with Crippen molar-refractivity contribution in [2.24, 2.45) is 0 Å². The van der Waals surface area contributed by atoms with Crippen molar-refractivity contribution in [3.63, 3.8) is 0 Å². The Hall–Kier alpha value is -0.780. The summed E-state index contributed by atoms with van der Waals surface area (Å²) in [7, 11) is 0. The van der Waals surface area contributed by atoms with Crippen molar-refractivity contribution in [2.75, 3.05) is 5.75 Å². The van der Waals surface area contributed by atoms with Gasteiger partial charge in [0, 0.05) is 0 Å². The van der Waals surface area contributed by atoms with Crippen LogP contribution in [0, 0.1) is 11.3 Å². The largest absolute Gasteiger partial charge is 0.337 e. The summed E-state index contributed by atoms with van der Waals surface area (Å²) in [6.07, 6.45) is 4.66. The smallest absolute Gasteiger partial charge is 0.234 e. The van der Waals surface area contributed by atoms with Gasteiger partial charge in [0.05, 0.1) is 11.3 Å². The molecule has 0 saturated heterocycles. The molecule has 1 amide bonds. The molecule has 1 N–H and O–H groups in total. The number of hydrogen-bond acceptors (Lipinski definition) is 7. The molecule has 1 aliphatic rings. The van der Waals surface area contributed by atoms with Crippen molar-refractivity contribution in [1.29, 1.82) is 5.26 Å². The number of nitrogens with one attached hydrogen (secondary N) is 1. The Morgan fingerprint density at radius 2 is 2.09 bits per heavy atom. The van der Waals surface area contributed by atoms with Crippen molar-refractivity contribution in [3.8, 4) is 6.07 Å². The van der Waals surface area contributed by atoms with E-state index in [1.807, 2.05) is 6.92 Å². The van der Waals surface area contributed by atoms with Gasteiger partial charge in [-0.15, -0.1) is 10.2 Å². The predicted octanol–water partition coefficient (Wildman–Crippen LogP) is 3.47. The van der Waals surface area contributed by atoms with Crippen molar-refractivity contribution in [2.45, 2.75) is 65.4 Å². The number of carbonyl (C=O) groups is 1. The van der Waals surface area contributed by atoms with Gasteiger partial charge in [0.15, 0.2) is 8.68 Å². The summed E-state index contributed by atoms with van der Waals surface area (Å²) in [4.78, 5) is 12.4. The van der Waals surface area contributed by atoms with Crippen molar-refractivity contribution < 1.29 is 4.79 Å². The van der Waals surface area contributed by atoms with Crippen LogP contribution < -0.4 is 5.32 Å². The minimum atomic E-state index is -0.672. The van der Waals surface area contributed by atoms with Crippen LogP contribution in [0.3, 0.4) is 0 Å². The lowest BCUT2D eigenvalue weighted by Gasteiger charge is -2.32. The van der Waals surface area contributed by atoms with E-state index >= 15 is 0 Å². The summed E-state index contributed by atoms with van der Waals surface area (Å²) in [5, 5.41) is 20.3. The van der Waals surface area contributed by atoms with Crippen LogP contribution >= 0.6 is 34.9 Å². The Balaban J connectivity index is 1.92. The summed E-state index contributed by atoms with van der Waals surface area (Å²) >= 11 is 4.57. The molecule has 1 heterocycles. The molecular weight excluding hydrogens is 336 g/mol. The number of thioether (sulfide) groups is 2. The van der Waals surface area contributed by atoms with E-state index in [2.05, 4.69) is 28.5 Å². The maximum Gasteiger partial charge on any atom is 0.234 e. The van der Waals surface area contributed by atoms with Gasteiger partial charge >= 0.3 is 0 Å². The molecule has 0 aromatic carbocycles. The molecule has 0 spiro atoms. The first-order valence-corrected chi connectivity index (χ1v) is 10.1. The first-order valence-electron chi connectivity index (χ1n) is 7.45. The molecule has 1 aliphatic carbocycles. The van der Waals surface area contributed by atoms with E-state index in [1.165, 1.54) is 23.1 Å². The molecule has 1 fully saturated rings. The SMILES string of the molecule is CCSc1nnc(SC(C)C(=O)NC2(C#N)CCCCC2)s1. The van der Waals surface area contributed by atoms with E-state index < -0.39 is 5.54 Å². The summed E-state index contributed by atoms with van der Waals surface area (Å²) in [5.41, 5.74) is -0.672. The maximum atomic E-state index is 12.4. The minimum absolute atomic E-state index is 0.0895. The molecule has 1 aromatic heterocycles. The molecule has 1 aromatic rings. The van der Waals surface area contributed by atoms with Crippen LogP contribution in [0.1, 0.15) is 46.0 Å². The van der Waals surface area contributed by atoms with E-state index in [0.717, 1.165) is 46.5 Å². The van der Waals surface area contributed by atoms with Gasteiger partial charge in [-0.3, -0.25) is 4.79 Å². The number of carbonyl (C=O) groups excluding carboxylic acids is 1. The van der Waals surface area contributed by atoms with Gasteiger partial charge in [-0.2, -0.15) is 5.26 Å². The molecule has 1 unspecified atom stereocenters. The first-order chi connectivity index (χ1) is 10.6. The zero-order valence-electron chi connectivity index (χ0n) is 12.8. The van der Waals surface area contributed by atoms with Crippen LogP contribution in [0.2, 0.25) is 0 Å². The molecule has 1 atom stereocenters. The van der Waals surface area contributed by atoms with Crippen LogP contribution in [0.5, 0.6) is 0 Å². The van der Waals surface area contributed by atoms with Crippen LogP contribution in [0.4, 0.5) is 0 Å². The fourth-order valence-corrected chi connectivity index (χ4v) is 5.45. The van der Waals surface area contributed by atoms with Gasteiger partial charge in [0.2, 0.25) is 5.91 Å². The number of nitriles is 1. The number of nitrogens with zero attached hydrogens (tertiary/aromatic N) is 3. The topological polar surface area (TPSA) is 78.7 Å². The highest BCUT2D eigenvalue weighted by atomic mass is 32.2. The molecule has 0 bridgehead atoms. The van der Waals surface area contributed by atoms with E-state index in [4.69, 9.17) is 0 Å². The summed E-state index contributed by atoms with van der Waals surface area (Å²) in [6, 6.07) is 2.32. The van der Waals surface area contributed by atoms with Crippen molar-refractivity contribution in [1.82, 2.24) is 15.5 Å². The molecule has 5 nitrogen and oxygen atoms in total. The normalized spacial score (nSPS) is 18.4. The molecular formula is C14H20N4OS3. The van der Waals surface area contributed by atoms with E-state index in [-0.39, 0.29) is 11.2 Å². The summed E-state index contributed by atoms with van der Waals surface area (Å²) in [5.74, 6) is 0.869. The van der Waals surface area contributed by atoms with E-state index in [9.17, 15) is 10.1 Å². The summed E-state index contributed by atoms with van der Waals surface area (Å²) in [6.45, 7) is 3.92. The number of hydrogen-bond donors (Lipinski definition) is 1. The van der Waals surface area contributed by atoms with Gasteiger partial charge in [-0.05, 0) is 25.5 Å². The standard InChI is InChI=1S/C14H20N4OS3/c1-3-20-12-17-18-13(22-12)21-10(2)11(19)16-14(9-15)7-5-4-6-8-14/h10H,3-8H2,1-2H3,(H,16,19). The quantitative estimate of drug-likeness (QED) is 0.786. The number of rotatable bonds is 6. The average molecular weight is 357 g/mol. The Bertz CT molecular complexity index is 549. The third-order valence-corrected chi connectivity index (χ3v) is 6.71. The number of aromatic nitrogens is 2. The monoisotopic (exact) mass is 356 g/mol. The fraction of sp³-hybridized carbons (Fsp3) is 0.714. The lowest BCUT2D eigenvalue weighted by Crippen LogP contribution is -2.50. The second kappa shape index (κ2) is 8.18. The summed E-state index contributed by atoms with van der Waals surface area (Å²) < 4.78 is 1.73. The second-order valence-corrected chi connectivity index (χ2v) is 9.35. The Labute approximate surface area is 143 Å². The van der Waals surface area contributed by atoms with E-state index in [0.29, 0.717) is 0 Å². The van der Waals surface area contributed by atoms with Crippen LogP contribution in [0.15, 0.2) is 8.68 Å². The highest BCUT2D eigenvalue weighted by Gasteiger charge is 2.35. The second-order valence-electron chi connectivity index (χ2n) is 5.27. The molecule has 0 aliphatic heterocycles. The van der Waals surface area contributed by atoms with Crippen LogP contribution in [-0.2, 0) is 4.79 Å². The molecule has 0 radical (unpaired) electrons. The Morgan fingerprint density at radius 3 is 2.73 bits per heavy atom. The minimum Gasteiger partial charge on any atom is -0.337 e. The lowest BCUT2D eigenvalue weighted by molar-refractivity contribution is -0.121. The van der Waals surface area contributed by atoms with E-state index in [1.54, 1.807) is 11.8 Å². The molecule has 22 heavy (non-hydrogen) atoms. The zero-order valence-corrected chi connectivity index (χ0v) is 15.2. The molecule has 1 saturated carbocycles. The maximum absolute atomic E-state index is 12.4. The lowest BCUT2D eigenvalue weighted by atomic mass is 9.83. The van der Waals surface area contributed by atoms with Crippen LogP contribution in [-0.4, -0.2) is 32.6 Å². The van der Waals surface area contributed by atoms with Crippen molar-refractivity contribution >= 4 is 40.8 Å².